The van der Waals surface area contributed by atoms with Crippen LogP contribution in [0.4, 0.5) is 0 Å². The second-order valence-corrected chi connectivity index (χ2v) is 7.09. The van der Waals surface area contributed by atoms with Crippen molar-refractivity contribution in [3.8, 4) is 5.75 Å². The SMILES string of the molecule is O=C(/C=C/c1ccc(Br)s1)Oc1cccc(I)c1. The van der Waals surface area contributed by atoms with Gasteiger partial charge in [-0.1, -0.05) is 6.07 Å². The predicted molar refractivity (Wildman–Crippen MR) is 85.8 cm³/mol. The number of halogens is 2. The first-order valence-electron chi connectivity index (χ1n) is 5.04. The molecule has 5 heteroatoms. The highest BCUT2D eigenvalue weighted by Crippen LogP contribution is 2.23. The Morgan fingerprint density at radius 2 is 2.17 bits per heavy atom. The van der Waals surface area contributed by atoms with Crippen molar-refractivity contribution in [3.63, 3.8) is 0 Å². The quantitative estimate of drug-likeness (QED) is 0.302. The van der Waals surface area contributed by atoms with E-state index in [1.807, 2.05) is 30.3 Å². The molecule has 1 aromatic heterocycles. The Morgan fingerprint density at radius 1 is 1.33 bits per heavy atom. The zero-order valence-electron chi connectivity index (χ0n) is 9.10. The smallest absolute Gasteiger partial charge is 0.336 e. The molecule has 0 N–H and O–H groups in total. The summed E-state index contributed by atoms with van der Waals surface area (Å²) in [5, 5.41) is 0. The van der Waals surface area contributed by atoms with Gasteiger partial charge in [0.2, 0.25) is 0 Å². The van der Waals surface area contributed by atoms with Crippen molar-refractivity contribution < 1.29 is 9.53 Å². The Labute approximate surface area is 131 Å². The summed E-state index contributed by atoms with van der Waals surface area (Å²) >= 11 is 7.10. The summed E-state index contributed by atoms with van der Waals surface area (Å²) in [5.41, 5.74) is 0. The van der Waals surface area contributed by atoms with E-state index in [4.69, 9.17) is 4.74 Å². The molecule has 2 nitrogen and oxygen atoms in total. The summed E-state index contributed by atoms with van der Waals surface area (Å²) in [4.78, 5) is 12.6. The monoisotopic (exact) mass is 434 g/mol. The van der Waals surface area contributed by atoms with Crippen LogP contribution in [0, 0.1) is 3.57 Å². The van der Waals surface area contributed by atoms with E-state index in [0.29, 0.717) is 5.75 Å². The number of carbonyl (C=O) groups is 1. The van der Waals surface area contributed by atoms with Crippen LogP contribution >= 0.6 is 49.9 Å². The third-order valence-corrected chi connectivity index (χ3v) is 4.25. The number of hydrogen-bond acceptors (Lipinski definition) is 3. The van der Waals surface area contributed by atoms with E-state index in [1.165, 1.54) is 6.08 Å². The first-order chi connectivity index (χ1) is 8.63. The lowest BCUT2D eigenvalue weighted by molar-refractivity contribution is -0.128. The van der Waals surface area contributed by atoms with E-state index in [1.54, 1.807) is 23.5 Å². The van der Waals surface area contributed by atoms with Gasteiger partial charge in [-0.3, -0.25) is 0 Å². The van der Waals surface area contributed by atoms with E-state index in [9.17, 15) is 4.79 Å². The molecule has 1 aromatic carbocycles. The summed E-state index contributed by atoms with van der Waals surface area (Å²) < 4.78 is 7.25. The minimum atomic E-state index is -0.374. The first-order valence-corrected chi connectivity index (χ1v) is 7.73. The van der Waals surface area contributed by atoms with E-state index >= 15 is 0 Å². The van der Waals surface area contributed by atoms with E-state index < -0.39 is 0 Å². The molecule has 1 heterocycles. The van der Waals surface area contributed by atoms with Crippen molar-refractivity contribution >= 4 is 61.9 Å². The number of hydrogen-bond donors (Lipinski definition) is 0. The van der Waals surface area contributed by atoms with Gasteiger partial charge < -0.3 is 4.74 Å². The number of ether oxygens (including phenoxy) is 1. The fourth-order valence-electron chi connectivity index (χ4n) is 1.25. The maximum absolute atomic E-state index is 11.6. The molecule has 2 rings (SSSR count). The zero-order valence-corrected chi connectivity index (χ0v) is 13.7. The molecule has 0 spiro atoms. The van der Waals surface area contributed by atoms with Crippen molar-refractivity contribution in [1.82, 2.24) is 0 Å². The van der Waals surface area contributed by atoms with Crippen molar-refractivity contribution in [2.24, 2.45) is 0 Å². The van der Waals surface area contributed by atoms with Crippen LogP contribution in [0.15, 0.2) is 46.3 Å². The average molecular weight is 435 g/mol. The lowest BCUT2D eigenvalue weighted by Crippen LogP contribution is -2.03. The number of esters is 1. The summed E-state index contributed by atoms with van der Waals surface area (Å²) in [5.74, 6) is 0.186. The molecule has 0 atom stereocenters. The van der Waals surface area contributed by atoms with Crippen molar-refractivity contribution in [3.05, 3.63) is 54.7 Å². The van der Waals surface area contributed by atoms with Crippen LogP contribution in [0.1, 0.15) is 4.88 Å². The van der Waals surface area contributed by atoms with E-state index in [-0.39, 0.29) is 5.97 Å². The van der Waals surface area contributed by atoms with Crippen LogP contribution in [-0.4, -0.2) is 5.97 Å². The van der Waals surface area contributed by atoms with Crippen LogP contribution in [0.5, 0.6) is 5.75 Å². The Balaban J connectivity index is 1.98. The van der Waals surface area contributed by atoms with Gasteiger partial charge >= 0.3 is 5.97 Å². The van der Waals surface area contributed by atoms with Gasteiger partial charge in [-0.2, -0.15) is 0 Å². The highest BCUT2D eigenvalue weighted by Gasteiger charge is 2.01. The van der Waals surface area contributed by atoms with Crippen molar-refractivity contribution in [1.29, 1.82) is 0 Å². The molecule has 2 aromatic rings. The van der Waals surface area contributed by atoms with Gasteiger partial charge in [0.15, 0.2) is 0 Å². The molecule has 0 amide bonds. The minimum absolute atomic E-state index is 0.374. The largest absolute Gasteiger partial charge is 0.423 e. The summed E-state index contributed by atoms with van der Waals surface area (Å²) in [7, 11) is 0. The molecule has 0 saturated carbocycles. The van der Waals surface area contributed by atoms with Gasteiger partial charge in [0, 0.05) is 14.5 Å². The molecule has 0 saturated heterocycles. The molecule has 18 heavy (non-hydrogen) atoms. The van der Waals surface area contributed by atoms with Crippen LogP contribution < -0.4 is 4.74 Å². The van der Waals surface area contributed by atoms with Gasteiger partial charge in [0.05, 0.1) is 3.79 Å². The molecule has 92 valence electrons. The summed E-state index contributed by atoms with van der Waals surface area (Å²) in [6, 6.07) is 11.2. The van der Waals surface area contributed by atoms with Crippen molar-refractivity contribution in [2.45, 2.75) is 0 Å². The number of carbonyl (C=O) groups excluding carboxylic acids is 1. The Hall–Kier alpha value is -0.660. The standard InChI is InChI=1S/C13H8BrIO2S/c14-12-6-4-11(18-12)5-7-13(16)17-10-3-1-2-9(15)8-10/h1-8H/b7-5+. The molecular weight excluding hydrogens is 427 g/mol. The number of benzene rings is 1. The topological polar surface area (TPSA) is 26.3 Å². The van der Waals surface area contributed by atoms with Crippen molar-refractivity contribution in [2.75, 3.05) is 0 Å². The average Bonchev–Trinajstić information content (AvgIpc) is 2.73. The molecule has 0 aliphatic rings. The Morgan fingerprint density at radius 3 is 2.83 bits per heavy atom. The Bertz CT molecular complexity index is 592. The molecule has 0 radical (unpaired) electrons. The molecule has 0 fully saturated rings. The molecule has 0 unspecified atom stereocenters. The maximum atomic E-state index is 11.6. The first kappa shape index (κ1) is 13.8. The third-order valence-electron chi connectivity index (χ3n) is 1.99. The van der Waals surface area contributed by atoms with Gasteiger partial charge in [0.25, 0.3) is 0 Å². The van der Waals surface area contributed by atoms with E-state index in [2.05, 4.69) is 38.5 Å². The van der Waals surface area contributed by atoms with Gasteiger partial charge in [-0.15, -0.1) is 11.3 Å². The van der Waals surface area contributed by atoms with Gasteiger partial charge in [-0.05, 0) is 74.9 Å². The fourth-order valence-corrected chi connectivity index (χ4v) is 3.09. The van der Waals surface area contributed by atoms with Crippen LogP contribution in [0.25, 0.3) is 6.08 Å². The van der Waals surface area contributed by atoms with Gasteiger partial charge in [-0.25, -0.2) is 4.79 Å². The van der Waals surface area contributed by atoms with Gasteiger partial charge in [0.1, 0.15) is 5.75 Å². The normalized spacial score (nSPS) is 10.8. The lowest BCUT2D eigenvalue weighted by Gasteiger charge is -2.00. The lowest BCUT2D eigenvalue weighted by atomic mass is 10.3. The summed E-state index contributed by atoms with van der Waals surface area (Å²) in [6.07, 6.45) is 3.17. The predicted octanol–water partition coefficient (Wildman–Crippen LogP) is 4.73. The van der Waals surface area contributed by atoms with Crippen LogP contribution in [0.3, 0.4) is 0 Å². The molecule has 0 bridgehead atoms. The highest BCUT2D eigenvalue weighted by molar-refractivity contribution is 14.1. The Kier molecular flexibility index (Phi) is 4.96. The summed E-state index contributed by atoms with van der Waals surface area (Å²) in [6.45, 7) is 0. The molecule has 0 aliphatic carbocycles. The number of rotatable bonds is 3. The number of thiophene rings is 1. The highest BCUT2D eigenvalue weighted by atomic mass is 127. The second-order valence-electron chi connectivity index (χ2n) is 3.35. The second kappa shape index (κ2) is 6.49. The van der Waals surface area contributed by atoms with Crippen LogP contribution in [0.2, 0.25) is 0 Å². The molecular formula is C13H8BrIO2S. The molecule has 0 aliphatic heterocycles. The van der Waals surface area contributed by atoms with Crippen LogP contribution in [-0.2, 0) is 4.79 Å². The zero-order chi connectivity index (χ0) is 13.0. The maximum Gasteiger partial charge on any atom is 0.336 e. The third kappa shape index (κ3) is 4.22. The minimum Gasteiger partial charge on any atom is -0.423 e. The fraction of sp³-hybridized carbons (Fsp3) is 0. The van der Waals surface area contributed by atoms with E-state index in [0.717, 1.165) is 12.2 Å².